The molecule has 1 heterocycles. The minimum Gasteiger partial charge on any atom is -0.508 e. The lowest BCUT2D eigenvalue weighted by molar-refractivity contribution is 0.423. The van der Waals surface area contributed by atoms with Gasteiger partial charge in [0.15, 0.2) is 0 Å². The fourth-order valence-corrected chi connectivity index (χ4v) is 2.56. The molecule has 0 radical (unpaired) electrons. The number of hydrogen-bond acceptors (Lipinski definition) is 3. The molecule has 0 amide bonds. The molecule has 1 saturated heterocycles. The number of phenolic OH excluding ortho intramolecular Hbond substituents is 1. The highest BCUT2D eigenvalue weighted by Crippen LogP contribution is 2.34. The van der Waals surface area contributed by atoms with E-state index in [2.05, 4.69) is 17.4 Å². The van der Waals surface area contributed by atoms with Crippen molar-refractivity contribution in [1.82, 2.24) is 5.32 Å². The van der Waals surface area contributed by atoms with E-state index in [1.807, 2.05) is 12.3 Å². The first-order chi connectivity index (χ1) is 7.31. The highest BCUT2D eigenvalue weighted by atomic mass is 32.2. The van der Waals surface area contributed by atoms with Crippen molar-refractivity contribution in [3.63, 3.8) is 0 Å². The molecule has 1 aliphatic heterocycles. The Bertz CT molecular complexity index is 334. The van der Waals surface area contributed by atoms with Crippen LogP contribution in [-0.2, 0) is 0 Å². The molecule has 0 saturated carbocycles. The van der Waals surface area contributed by atoms with Crippen LogP contribution < -0.4 is 5.32 Å². The van der Waals surface area contributed by atoms with E-state index < -0.39 is 0 Å². The van der Waals surface area contributed by atoms with Crippen LogP contribution in [0.25, 0.3) is 0 Å². The van der Waals surface area contributed by atoms with Gasteiger partial charge in [-0.3, -0.25) is 0 Å². The van der Waals surface area contributed by atoms with Crippen molar-refractivity contribution in [3.05, 3.63) is 23.8 Å². The average Bonchev–Trinajstić information content (AvgIpc) is 2.30. The number of aromatic hydroxyl groups is 1. The lowest BCUT2D eigenvalue weighted by atomic mass is 9.90. The zero-order chi connectivity index (χ0) is 10.7. The van der Waals surface area contributed by atoms with E-state index >= 15 is 0 Å². The van der Waals surface area contributed by atoms with E-state index in [4.69, 9.17) is 0 Å². The molecule has 1 aliphatic rings. The predicted octanol–water partition coefficient (Wildman–Crippen LogP) is 2.58. The van der Waals surface area contributed by atoms with Crippen molar-refractivity contribution in [2.45, 2.75) is 23.7 Å². The first-order valence-electron chi connectivity index (χ1n) is 5.39. The number of benzene rings is 1. The van der Waals surface area contributed by atoms with Crippen LogP contribution in [0.1, 0.15) is 24.3 Å². The maximum absolute atomic E-state index is 9.94. The van der Waals surface area contributed by atoms with Crippen molar-refractivity contribution < 1.29 is 5.11 Å². The lowest BCUT2D eigenvalue weighted by Crippen LogP contribution is -2.26. The fraction of sp³-hybridized carbons (Fsp3) is 0.500. The summed E-state index contributed by atoms with van der Waals surface area (Å²) in [5, 5.41) is 13.3. The van der Waals surface area contributed by atoms with Gasteiger partial charge in [-0.2, -0.15) is 0 Å². The smallest absolute Gasteiger partial charge is 0.120 e. The van der Waals surface area contributed by atoms with Gasteiger partial charge in [0.05, 0.1) is 0 Å². The van der Waals surface area contributed by atoms with Gasteiger partial charge in [0.1, 0.15) is 5.75 Å². The third-order valence-electron chi connectivity index (χ3n) is 3.02. The van der Waals surface area contributed by atoms with Crippen LogP contribution in [0.15, 0.2) is 23.1 Å². The van der Waals surface area contributed by atoms with Gasteiger partial charge in [-0.15, -0.1) is 11.8 Å². The Morgan fingerprint density at radius 2 is 2.07 bits per heavy atom. The van der Waals surface area contributed by atoms with Gasteiger partial charge in [0.2, 0.25) is 0 Å². The van der Waals surface area contributed by atoms with Crippen LogP contribution in [0.2, 0.25) is 0 Å². The van der Waals surface area contributed by atoms with E-state index in [0.29, 0.717) is 11.7 Å². The molecule has 0 aromatic heterocycles. The van der Waals surface area contributed by atoms with Crippen molar-refractivity contribution in [3.8, 4) is 5.75 Å². The Morgan fingerprint density at radius 3 is 2.67 bits per heavy atom. The zero-order valence-corrected chi connectivity index (χ0v) is 9.81. The molecular weight excluding hydrogens is 206 g/mol. The molecular formula is C12H17NOS. The summed E-state index contributed by atoms with van der Waals surface area (Å²) in [5.74, 6) is 0.996. The van der Waals surface area contributed by atoms with Gasteiger partial charge < -0.3 is 10.4 Å². The third-order valence-corrected chi connectivity index (χ3v) is 3.74. The molecule has 2 nitrogen and oxygen atoms in total. The summed E-state index contributed by atoms with van der Waals surface area (Å²) < 4.78 is 0. The van der Waals surface area contributed by atoms with Gasteiger partial charge in [0.25, 0.3) is 0 Å². The summed E-state index contributed by atoms with van der Waals surface area (Å²) in [7, 11) is 0. The SMILES string of the molecule is CSc1ccc(C2CCNCC2)c(O)c1. The molecule has 0 spiro atoms. The Balaban J connectivity index is 2.19. The normalized spacial score (nSPS) is 17.9. The number of thioether (sulfide) groups is 1. The third kappa shape index (κ3) is 2.47. The highest BCUT2D eigenvalue weighted by Gasteiger charge is 2.18. The molecule has 0 bridgehead atoms. The molecule has 0 atom stereocenters. The van der Waals surface area contributed by atoms with Crippen molar-refractivity contribution in [2.24, 2.45) is 0 Å². The highest BCUT2D eigenvalue weighted by molar-refractivity contribution is 7.98. The van der Waals surface area contributed by atoms with E-state index in [9.17, 15) is 5.11 Å². The maximum atomic E-state index is 9.94. The molecule has 15 heavy (non-hydrogen) atoms. The standard InChI is InChI=1S/C12H17NOS/c1-15-10-2-3-11(12(14)8-10)9-4-6-13-7-5-9/h2-3,8-9,13-14H,4-7H2,1H3. The maximum Gasteiger partial charge on any atom is 0.120 e. The second-order valence-corrected chi connectivity index (χ2v) is 4.83. The van der Waals surface area contributed by atoms with Gasteiger partial charge >= 0.3 is 0 Å². The Morgan fingerprint density at radius 1 is 1.33 bits per heavy atom. The largest absolute Gasteiger partial charge is 0.508 e. The molecule has 1 fully saturated rings. The second-order valence-electron chi connectivity index (χ2n) is 3.95. The number of hydrogen-bond donors (Lipinski definition) is 2. The second kappa shape index (κ2) is 4.90. The van der Waals surface area contributed by atoms with Gasteiger partial charge in [-0.05, 0) is 55.8 Å². The molecule has 0 unspecified atom stereocenters. The van der Waals surface area contributed by atoms with Crippen LogP contribution in [0.5, 0.6) is 5.75 Å². The number of piperidine rings is 1. The van der Waals surface area contributed by atoms with Crippen molar-refractivity contribution in [1.29, 1.82) is 0 Å². The molecule has 2 rings (SSSR count). The number of nitrogens with one attached hydrogen (secondary N) is 1. The Kier molecular flexibility index (Phi) is 3.54. The van der Waals surface area contributed by atoms with Crippen molar-refractivity contribution in [2.75, 3.05) is 19.3 Å². The minimum absolute atomic E-state index is 0.466. The fourth-order valence-electron chi connectivity index (χ4n) is 2.13. The van der Waals surface area contributed by atoms with Crippen LogP contribution in [0.3, 0.4) is 0 Å². The van der Waals surface area contributed by atoms with E-state index in [1.54, 1.807) is 11.8 Å². The summed E-state index contributed by atoms with van der Waals surface area (Å²) in [4.78, 5) is 1.13. The predicted molar refractivity (Wildman–Crippen MR) is 64.7 cm³/mol. The first kappa shape index (κ1) is 10.8. The van der Waals surface area contributed by atoms with E-state index in [1.165, 1.54) is 0 Å². The van der Waals surface area contributed by atoms with Crippen LogP contribution >= 0.6 is 11.8 Å². The Labute approximate surface area is 95.1 Å². The van der Waals surface area contributed by atoms with Gasteiger partial charge in [0, 0.05) is 4.90 Å². The molecule has 82 valence electrons. The topological polar surface area (TPSA) is 32.3 Å². The summed E-state index contributed by atoms with van der Waals surface area (Å²) in [6.45, 7) is 2.13. The monoisotopic (exact) mass is 223 g/mol. The summed E-state index contributed by atoms with van der Waals surface area (Å²) in [5.41, 5.74) is 1.12. The van der Waals surface area contributed by atoms with Gasteiger partial charge in [-0.25, -0.2) is 0 Å². The molecule has 1 aromatic rings. The molecule has 1 aromatic carbocycles. The van der Waals surface area contributed by atoms with Crippen molar-refractivity contribution >= 4 is 11.8 Å². The zero-order valence-electron chi connectivity index (χ0n) is 8.99. The number of phenols is 1. The lowest BCUT2D eigenvalue weighted by Gasteiger charge is -2.23. The van der Waals surface area contributed by atoms with E-state index in [0.717, 1.165) is 36.4 Å². The summed E-state index contributed by atoms with van der Waals surface area (Å²) in [6.07, 6.45) is 4.29. The molecule has 3 heteroatoms. The Hall–Kier alpha value is -0.670. The molecule has 0 aliphatic carbocycles. The average molecular weight is 223 g/mol. The van der Waals surface area contributed by atoms with Crippen LogP contribution in [0.4, 0.5) is 0 Å². The minimum atomic E-state index is 0.466. The van der Waals surface area contributed by atoms with Crippen LogP contribution in [0, 0.1) is 0 Å². The summed E-state index contributed by atoms with van der Waals surface area (Å²) >= 11 is 1.67. The van der Waals surface area contributed by atoms with E-state index in [-0.39, 0.29) is 0 Å². The number of rotatable bonds is 2. The molecule has 2 N–H and O–H groups in total. The summed E-state index contributed by atoms with van der Waals surface area (Å²) in [6, 6.07) is 6.06. The van der Waals surface area contributed by atoms with Gasteiger partial charge in [-0.1, -0.05) is 6.07 Å². The first-order valence-corrected chi connectivity index (χ1v) is 6.61. The van der Waals surface area contributed by atoms with Crippen LogP contribution in [-0.4, -0.2) is 24.5 Å². The quantitative estimate of drug-likeness (QED) is 0.756.